The van der Waals surface area contributed by atoms with Crippen molar-refractivity contribution in [1.29, 1.82) is 0 Å². The molecule has 7 aromatic heterocycles. The number of β-lactam (4-membered cyclic amide) rings is 5. The molecule has 0 bridgehead atoms. The van der Waals surface area contributed by atoms with Gasteiger partial charge in [-0.05, 0) is 228 Å². The van der Waals surface area contributed by atoms with Gasteiger partial charge in [0.2, 0.25) is 5.24 Å². The number of nitrogens with zero attached hydrogens (tertiary/aromatic N) is 3. The number of furan rings is 7. The molecule has 5 amide bonds. The first-order chi connectivity index (χ1) is 55.1. The van der Waals surface area contributed by atoms with E-state index in [2.05, 4.69) is 43.5 Å². The molecule has 5 saturated heterocycles. The van der Waals surface area contributed by atoms with Crippen molar-refractivity contribution in [3.63, 3.8) is 0 Å². The zero-order valence-corrected chi connectivity index (χ0v) is 86.0. The molecule has 0 unspecified atom stereocenters. The first-order valence-electron chi connectivity index (χ1n) is 35.1. The third-order valence-electron chi connectivity index (χ3n) is 16.0. The Balaban J connectivity index is 0.000000350. The smallest absolute Gasteiger partial charge is 0.259 e. The van der Waals surface area contributed by atoms with E-state index in [1.54, 1.807) is 175 Å². The van der Waals surface area contributed by atoms with Crippen molar-refractivity contribution in [3.8, 4) is 23.0 Å². The number of allylic oxidation sites excluding steroid dienone is 1. The minimum absolute atomic E-state index is 0. The zero-order valence-electron chi connectivity index (χ0n) is 66.3. The normalized spacial score (nSPS) is 18.9. The molecule has 0 aliphatic carbocycles. The fourth-order valence-electron chi connectivity index (χ4n) is 10.3. The average molecular weight is 2510 g/mol. The van der Waals surface area contributed by atoms with Gasteiger partial charge in [-0.15, -0.1) is 6.58 Å². The number of aliphatic hydroxyl groups excluding tert-OH is 5. The Bertz CT molecular complexity index is 4580. The Morgan fingerprint density at radius 3 is 1.05 bits per heavy atom. The molecule has 5 aliphatic rings. The van der Waals surface area contributed by atoms with Crippen LogP contribution in [0.3, 0.4) is 0 Å². The maximum atomic E-state index is 11.8. The van der Waals surface area contributed by atoms with Gasteiger partial charge >= 0.3 is 0 Å². The number of carbonyl (C=O) groups is 7. The minimum Gasteiger partial charge on any atom is -0.497 e. The molecule has 16 rings (SSSR count). The number of ether oxygens (including phenoxy) is 5. The molecule has 10 N–H and O–H groups in total. The quantitative estimate of drug-likeness (QED) is 0.0108. The number of nitrogens with two attached hydrogens (primary N) is 1. The molecule has 5 aliphatic heterocycles. The molecule has 0 spiro atoms. The Hall–Kier alpha value is -7.24. The standard InChI is InChI=1S/2C14H13NO4.C12H11NO2.C11H15NO3.2C7H7NO3.C7H9NO.C5H4O2.C4H8.C2H3ClO2.4Ac/c2*1-18-10-6-4-9(5-7-10)15-12(13(16)14(15)17)11-3-2-8-19-11;1-14-11-6-4-10(5-7-11)13-9-12-3-2-8-15-12;1-11(2,3)15-9-8(12-10(9)13)7-5-4-6-14-7;2*9-6-5(8-7(6)10)4-2-1-3-11-4;1-9-7-4-2-6(8)3-5-7;6-4-5-2-1-3-7-5;1-4(2)3;3-2(5)1-4;;;;/h2*2-8,12-13,16H,1H3;2-9H,1H3;4-6,8-9H,1-3H3,(H,12,13);2*1-3,5-6,9H,(H,8,10);2-5H,8H2,1H3;1-4H;1H2,2-3H3;4H,1H2;;;;/t2*12-,13+;;8-,9+;2*5-,6+;;;;;;;;/m00.000......../s1. The third kappa shape index (κ3) is 32.8. The summed E-state index contributed by atoms with van der Waals surface area (Å²) in [6.07, 6.45) is 8.67. The van der Waals surface area contributed by atoms with Crippen LogP contribution in [0, 0.1) is 176 Å². The topological polar surface area (TPSA) is 440 Å². The van der Waals surface area contributed by atoms with Gasteiger partial charge in [-0.3, -0.25) is 48.4 Å². The summed E-state index contributed by atoms with van der Waals surface area (Å²) in [6, 6.07) is 51.6. The summed E-state index contributed by atoms with van der Waals surface area (Å²) in [7, 11) is 6.44. The summed E-state index contributed by atoms with van der Waals surface area (Å²) in [6.45, 7) is 12.7. The largest absolute Gasteiger partial charge is 0.497 e. The van der Waals surface area contributed by atoms with E-state index in [1.165, 1.54) is 46.7 Å². The van der Waals surface area contributed by atoms with Gasteiger partial charge in [-0.2, -0.15) is 0 Å². The van der Waals surface area contributed by atoms with E-state index >= 15 is 0 Å². The second-order valence-corrected chi connectivity index (χ2v) is 26.2. The number of hydrogen-bond acceptors (Lipinski definition) is 26. The third-order valence-corrected chi connectivity index (χ3v) is 16.1. The number of nitrogens with one attached hydrogen (secondary N) is 3. The number of aldehydes is 1. The predicted octanol–water partition coefficient (Wildman–Crippen LogP) is 11.5. The molecule has 31 nitrogen and oxygen atoms in total. The molecule has 10 atom stereocenters. The second-order valence-electron chi connectivity index (χ2n) is 25.8. The fourth-order valence-corrected chi connectivity index (χ4v) is 10.3. The molecule has 4 radical (unpaired) electrons. The number of benzene rings is 4. The maximum Gasteiger partial charge on any atom is 0.259 e. The van der Waals surface area contributed by atoms with E-state index in [9.17, 15) is 43.8 Å². The van der Waals surface area contributed by atoms with Crippen molar-refractivity contribution < 1.29 is 290 Å². The van der Waals surface area contributed by atoms with Crippen molar-refractivity contribution in [2.75, 3.05) is 50.6 Å². The van der Waals surface area contributed by atoms with Gasteiger partial charge in [0.1, 0.15) is 94.4 Å². The number of rotatable bonds is 16. The second kappa shape index (κ2) is 54.3. The van der Waals surface area contributed by atoms with Crippen LogP contribution in [0.5, 0.6) is 23.0 Å². The average Bonchev–Trinajstić information content (AvgIpc) is 1.72. The van der Waals surface area contributed by atoms with Gasteiger partial charge in [0.05, 0.1) is 89.8 Å². The van der Waals surface area contributed by atoms with Crippen LogP contribution in [0.4, 0.5) is 22.7 Å². The van der Waals surface area contributed by atoms with Crippen LogP contribution in [0.1, 0.15) is 110 Å². The van der Waals surface area contributed by atoms with Crippen molar-refractivity contribution in [3.05, 3.63) is 278 Å². The molecule has 0 saturated carbocycles. The molecule has 620 valence electrons. The number of hydrogen-bond donors (Lipinski definition) is 9. The van der Waals surface area contributed by atoms with Crippen LogP contribution in [0.15, 0.2) is 274 Å². The SMILES string of the molecule is C=C(C)C.CC(C)(C)O[C@H]1C(=O)N[C@H]1c1ccco1.COc1ccc(N)cc1.COc1ccc(N2C(=O)[C@H](O)[C@@H]2c2ccco2)cc1.COc1ccc(N2C(=O)[C@H](O)[C@@H]2c2ccco2)cc1.COc1ccc(N=Cc2ccco2)cc1.O=C(Cl)CO.O=C1N[C@@H](c2ccco2)[C@H]1O.O=C1N[C@@H](c2ccco2)[C@H]1O.O=Cc1ccco1.[Ac].[Ac].[Ac].[Ac]. The number of halogens is 1. The van der Waals surface area contributed by atoms with Gasteiger partial charge in [0.15, 0.2) is 42.6 Å². The first kappa shape index (κ1) is 106. The summed E-state index contributed by atoms with van der Waals surface area (Å²) in [5.41, 5.74) is 9.31. The van der Waals surface area contributed by atoms with E-state index in [0.29, 0.717) is 58.0 Å². The molecular formula is C83H90Ac4ClN7O24. The Morgan fingerprint density at radius 2 is 0.782 bits per heavy atom. The van der Waals surface area contributed by atoms with Crippen molar-refractivity contribution >= 4 is 81.6 Å². The fraction of sp³-hybridized carbons (Fsp3) is 0.253. The number of methoxy groups -OCH3 is 4. The van der Waals surface area contributed by atoms with Crippen molar-refractivity contribution in [2.24, 2.45) is 4.99 Å². The van der Waals surface area contributed by atoms with Crippen molar-refractivity contribution in [2.45, 2.75) is 101 Å². The number of aliphatic hydroxyl groups is 5. The number of amides is 5. The van der Waals surface area contributed by atoms with Gasteiger partial charge in [0.25, 0.3) is 29.5 Å². The Morgan fingerprint density at radius 1 is 0.479 bits per heavy atom. The summed E-state index contributed by atoms with van der Waals surface area (Å²) in [4.78, 5) is 82.4. The summed E-state index contributed by atoms with van der Waals surface area (Å²) >= 11 is 4.57. The van der Waals surface area contributed by atoms with Crippen LogP contribution >= 0.6 is 11.6 Å². The maximum absolute atomic E-state index is 11.8. The van der Waals surface area contributed by atoms with E-state index in [4.69, 9.17) is 71.2 Å². The monoisotopic (exact) mass is 2510 g/mol. The number of carbonyl (C=O) groups excluding carboxylic acids is 7. The summed E-state index contributed by atoms with van der Waals surface area (Å²) in [5.74, 6) is 5.87. The predicted molar refractivity (Wildman–Crippen MR) is 420 cm³/mol. The summed E-state index contributed by atoms with van der Waals surface area (Å²) < 4.78 is 61.3. The van der Waals surface area contributed by atoms with E-state index in [0.717, 1.165) is 34.4 Å². The molecule has 36 heteroatoms. The van der Waals surface area contributed by atoms with Gasteiger partial charge in [-0.25, -0.2) is 0 Å². The van der Waals surface area contributed by atoms with E-state index in [1.807, 2.05) is 89.2 Å². The molecule has 11 aromatic rings. The number of anilines is 3. The molecule has 4 aromatic carbocycles. The minimum atomic E-state index is -1.05. The molecule has 5 fully saturated rings. The van der Waals surface area contributed by atoms with Gasteiger partial charge < -0.3 is 102 Å². The van der Waals surface area contributed by atoms with Crippen LogP contribution in [-0.2, 0) is 33.5 Å². The van der Waals surface area contributed by atoms with Crippen molar-refractivity contribution in [1.82, 2.24) is 16.0 Å². The van der Waals surface area contributed by atoms with Gasteiger partial charge in [-0.1, -0.05) is 5.57 Å². The van der Waals surface area contributed by atoms with Crippen LogP contribution in [0.25, 0.3) is 0 Å². The Kier molecular flexibility index (Phi) is 48.3. The summed E-state index contributed by atoms with van der Waals surface area (Å²) in [5, 5.41) is 52.5. The van der Waals surface area contributed by atoms with Gasteiger partial charge in [0, 0.05) is 193 Å². The van der Waals surface area contributed by atoms with Crippen LogP contribution < -0.4 is 50.4 Å². The number of nitrogen functional groups attached to an aromatic ring is 1. The first-order valence-corrected chi connectivity index (χ1v) is 35.5. The van der Waals surface area contributed by atoms with Crippen LogP contribution in [0.2, 0.25) is 0 Å². The Labute approximate surface area is 834 Å². The zero-order chi connectivity index (χ0) is 83.7. The molecule has 119 heavy (non-hydrogen) atoms. The molecular weight excluding hydrogens is 2420 g/mol. The van der Waals surface area contributed by atoms with E-state index in [-0.39, 0.29) is 230 Å². The van der Waals surface area contributed by atoms with Crippen LogP contribution in [-0.4, -0.2) is 144 Å². The number of aliphatic imine (C=N–C) groups is 1. The van der Waals surface area contributed by atoms with E-state index < -0.39 is 54.5 Å². The molecule has 12 heterocycles.